The molecule has 3 heterocycles. The Balaban J connectivity index is 1.50. The summed E-state index contributed by atoms with van der Waals surface area (Å²) in [6.07, 6.45) is 0.0978. The number of nitrogens with zero attached hydrogens (tertiary/aromatic N) is 3. The number of aryl methyl sites for hydroxylation is 1. The van der Waals surface area contributed by atoms with Crippen molar-refractivity contribution in [2.75, 3.05) is 18.0 Å². The van der Waals surface area contributed by atoms with E-state index in [2.05, 4.69) is 11.1 Å². The molecule has 2 aromatic heterocycles. The second-order valence-corrected chi connectivity index (χ2v) is 7.32. The summed E-state index contributed by atoms with van der Waals surface area (Å²) in [6, 6.07) is 13.5. The van der Waals surface area contributed by atoms with Crippen LogP contribution in [0.25, 0.3) is 11.7 Å². The first kappa shape index (κ1) is 19.1. The van der Waals surface area contributed by atoms with Crippen LogP contribution in [-0.2, 0) is 11.3 Å². The number of hydrogen-bond donors (Lipinski definition) is 0. The molecule has 1 aliphatic rings. The molecular formula is C22H23N3O4. The topological polar surface area (TPSA) is 84.7 Å². The molecule has 0 N–H and O–H groups in total. The fraction of sp³-hybridized carbons (Fsp3) is 0.364. The monoisotopic (exact) mass is 393 g/mol. The average molecular weight is 393 g/mol. The minimum Gasteiger partial charge on any atom is -0.486 e. The number of hydrogen-bond acceptors (Lipinski definition) is 7. The molecule has 1 fully saturated rings. The molecule has 29 heavy (non-hydrogen) atoms. The number of furan rings is 1. The van der Waals surface area contributed by atoms with E-state index in [-0.39, 0.29) is 23.8 Å². The fourth-order valence-electron chi connectivity index (χ4n) is 3.48. The summed E-state index contributed by atoms with van der Waals surface area (Å²) in [6.45, 7) is 7.59. The van der Waals surface area contributed by atoms with Crippen LogP contribution in [-0.4, -0.2) is 30.3 Å². The summed E-state index contributed by atoms with van der Waals surface area (Å²) in [5, 5.41) is 9.50. The number of ether oxygens (including phenoxy) is 2. The molecule has 0 amide bonds. The van der Waals surface area contributed by atoms with Crippen LogP contribution in [0, 0.1) is 18.3 Å². The molecule has 2 atom stereocenters. The van der Waals surface area contributed by atoms with Crippen LogP contribution in [0.4, 0.5) is 5.88 Å². The first-order chi connectivity index (χ1) is 14.0. The molecular weight excluding hydrogens is 370 g/mol. The van der Waals surface area contributed by atoms with Crippen LogP contribution < -0.4 is 9.64 Å². The van der Waals surface area contributed by atoms with E-state index in [1.165, 1.54) is 0 Å². The van der Waals surface area contributed by atoms with Gasteiger partial charge in [0.15, 0.2) is 5.76 Å². The van der Waals surface area contributed by atoms with E-state index in [0.29, 0.717) is 37.1 Å². The van der Waals surface area contributed by atoms with Gasteiger partial charge in [0.25, 0.3) is 5.89 Å². The maximum atomic E-state index is 9.50. The number of anilines is 1. The maximum absolute atomic E-state index is 9.50. The van der Waals surface area contributed by atoms with Crippen molar-refractivity contribution >= 4 is 5.88 Å². The molecule has 4 rings (SSSR count). The number of morpholine rings is 1. The fourth-order valence-corrected chi connectivity index (χ4v) is 3.48. The van der Waals surface area contributed by atoms with Crippen molar-refractivity contribution in [1.82, 2.24) is 4.98 Å². The number of rotatable bonds is 5. The van der Waals surface area contributed by atoms with Crippen molar-refractivity contribution in [3.8, 4) is 23.5 Å². The van der Waals surface area contributed by atoms with Crippen LogP contribution in [0.15, 0.2) is 45.2 Å². The smallest absolute Gasteiger partial charge is 0.266 e. The van der Waals surface area contributed by atoms with Gasteiger partial charge in [-0.3, -0.25) is 0 Å². The molecule has 7 nitrogen and oxygen atoms in total. The van der Waals surface area contributed by atoms with Gasteiger partial charge in [-0.1, -0.05) is 12.1 Å². The lowest BCUT2D eigenvalue weighted by Gasteiger charge is -2.34. The third-order valence-electron chi connectivity index (χ3n) is 4.67. The maximum Gasteiger partial charge on any atom is 0.266 e. The number of oxazole rings is 1. The molecule has 7 heteroatoms. The molecule has 1 saturated heterocycles. The van der Waals surface area contributed by atoms with Gasteiger partial charge in [0.1, 0.15) is 24.2 Å². The summed E-state index contributed by atoms with van der Waals surface area (Å²) in [5.41, 5.74) is 1.38. The third-order valence-corrected chi connectivity index (χ3v) is 4.67. The lowest BCUT2D eigenvalue weighted by molar-refractivity contribution is -0.00639. The second kappa shape index (κ2) is 8.02. The Morgan fingerprint density at radius 1 is 1.17 bits per heavy atom. The Bertz CT molecular complexity index is 1020. The highest BCUT2D eigenvalue weighted by atomic mass is 16.5. The number of nitriles is 1. The molecule has 2 unspecified atom stereocenters. The van der Waals surface area contributed by atoms with E-state index in [4.69, 9.17) is 18.3 Å². The molecule has 0 saturated carbocycles. The summed E-state index contributed by atoms with van der Waals surface area (Å²) in [7, 11) is 0. The summed E-state index contributed by atoms with van der Waals surface area (Å²) >= 11 is 0. The number of aromatic nitrogens is 1. The second-order valence-electron chi connectivity index (χ2n) is 7.32. The molecule has 3 aromatic rings. The van der Waals surface area contributed by atoms with Crippen LogP contribution in [0.1, 0.15) is 30.9 Å². The normalized spacial score (nSPS) is 19.2. The zero-order valence-corrected chi connectivity index (χ0v) is 16.7. The zero-order valence-electron chi connectivity index (χ0n) is 16.7. The lowest BCUT2D eigenvalue weighted by Crippen LogP contribution is -2.45. The Kier molecular flexibility index (Phi) is 5.28. The van der Waals surface area contributed by atoms with Crippen molar-refractivity contribution in [3.05, 3.63) is 53.4 Å². The van der Waals surface area contributed by atoms with E-state index in [9.17, 15) is 5.26 Å². The van der Waals surface area contributed by atoms with Crippen LogP contribution in [0.5, 0.6) is 5.75 Å². The Morgan fingerprint density at radius 2 is 1.97 bits per heavy atom. The minimum absolute atomic E-state index is 0.0489. The molecule has 1 aliphatic heterocycles. The molecule has 0 bridgehead atoms. The SMILES string of the molecule is Cc1cccc(OCc2ccc(-c3nc(C#N)c(N4CC(C)OC(C)C4)o3)o2)c1. The van der Waals surface area contributed by atoms with E-state index >= 15 is 0 Å². The van der Waals surface area contributed by atoms with Crippen molar-refractivity contribution in [3.63, 3.8) is 0 Å². The Morgan fingerprint density at radius 3 is 2.69 bits per heavy atom. The van der Waals surface area contributed by atoms with Gasteiger partial charge >= 0.3 is 0 Å². The van der Waals surface area contributed by atoms with Gasteiger partial charge in [-0.25, -0.2) is 0 Å². The van der Waals surface area contributed by atoms with Gasteiger partial charge in [0, 0.05) is 13.1 Å². The standard InChI is InChI=1S/C22H23N3O4/c1-14-5-4-6-17(9-14)26-13-18-7-8-20(28-18)21-24-19(10-23)22(29-21)25-11-15(2)27-16(3)12-25/h4-9,15-16H,11-13H2,1-3H3. The average Bonchev–Trinajstić information content (AvgIpc) is 3.32. The summed E-state index contributed by atoms with van der Waals surface area (Å²) in [4.78, 5) is 6.32. The summed E-state index contributed by atoms with van der Waals surface area (Å²) in [5.74, 6) is 2.63. The van der Waals surface area contributed by atoms with E-state index in [1.807, 2.05) is 56.0 Å². The van der Waals surface area contributed by atoms with Gasteiger partial charge in [-0.05, 0) is 50.6 Å². The molecule has 0 aliphatic carbocycles. The lowest BCUT2D eigenvalue weighted by atomic mass is 10.2. The summed E-state index contributed by atoms with van der Waals surface area (Å²) < 4.78 is 23.3. The molecule has 0 radical (unpaired) electrons. The largest absolute Gasteiger partial charge is 0.486 e. The first-order valence-corrected chi connectivity index (χ1v) is 9.61. The highest BCUT2D eigenvalue weighted by Crippen LogP contribution is 2.31. The van der Waals surface area contributed by atoms with Gasteiger partial charge in [-0.15, -0.1) is 0 Å². The van der Waals surface area contributed by atoms with Crippen LogP contribution >= 0.6 is 0 Å². The molecule has 1 aromatic carbocycles. The Hall–Kier alpha value is -3.24. The predicted molar refractivity (Wildman–Crippen MR) is 107 cm³/mol. The first-order valence-electron chi connectivity index (χ1n) is 9.61. The van der Waals surface area contributed by atoms with Crippen LogP contribution in [0.2, 0.25) is 0 Å². The van der Waals surface area contributed by atoms with E-state index < -0.39 is 0 Å². The van der Waals surface area contributed by atoms with Gasteiger partial charge < -0.3 is 23.2 Å². The minimum atomic E-state index is 0.0489. The predicted octanol–water partition coefficient (Wildman–Crippen LogP) is 4.31. The number of benzene rings is 1. The van der Waals surface area contributed by atoms with E-state index in [0.717, 1.165) is 11.3 Å². The third kappa shape index (κ3) is 4.28. The van der Waals surface area contributed by atoms with Gasteiger partial charge in [0.2, 0.25) is 11.6 Å². The highest BCUT2D eigenvalue weighted by molar-refractivity contribution is 5.56. The van der Waals surface area contributed by atoms with Gasteiger partial charge in [0.05, 0.1) is 12.2 Å². The molecule has 150 valence electrons. The highest BCUT2D eigenvalue weighted by Gasteiger charge is 2.28. The van der Waals surface area contributed by atoms with Crippen LogP contribution in [0.3, 0.4) is 0 Å². The van der Waals surface area contributed by atoms with Crippen molar-refractivity contribution in [1.29, 1.82) is 5.26 Å². The van der Waals surface area contributed by atoms with E-state index in [1.54, 1.807) is 6.07 Å². The zero-order chi connectivity index (χ0) is 20.4. The van der Waals surface area contributed by atoms with Crippen molar-refractivity contribution < 1.29 is 18.3 Å². The van der Waals surface area contributed by atoms with Crippen molar-refractivity contribution in [2.45, 2.75) is 39.6 Å². The Labute approximate surface area is 169 Å². The molecule has 0 spiro atoms. The van der Waals surface area contributed by atoms with Gasteiger partial charge in [-0.2, -0.15) is 10.2 Å². The quantitative estimate of drug-likeness (QED) is 0.638. The van der Waals surface area contributed by atoms with Crippen molar-refractivity contribution in [2.24, 2.45) is 0 Å².